The molecular formula is C31H22F4N8O9S. The molecule has 0 saturated heterocycles. The summed E-state index contributed by atoms with van der Waals surface area (Å²) >= 11 is 0. The molecule has 0 atom stereocenters. The molecule has 4 aromatic heterocycles. The minimum Gasteiger partial charge on any atom is -0.477 e. The van der Waals surface area contributed by atoms with Gasteiger partial charge in [0.05, 0.1) is 19.5 Å². The minimum absolute atomic E-state index is 0.0649. The van der Waals surface area contributed by atoms with Gasteiger partial charge in [0, 0.05) is 31.3 Å². The number of esters is 1. The second-order valence-electron chi connectivity index (χ2n) is 10.5. The number of rotatable bonds is 9. The molecule has 0 aliphatic rings. The molecule has 4 N–H and O–H groups in total. The van der Waals surface area contributed by atoms with Crippen LogP contribution in [0.5, 0.6) is 0 Å². The zero-order valence-electron chi connectivity index (χ0n) is 26.6. The normalized spacial score (nSPS) is 11.1. The molecule has 2 amide bonds. The lowest BCUT2D eigenvalue weighted by atomic mass is 10.2. The number of nitrogens with zero attached hydrogens (tertiary/aromatic N) is 6. The smallest absolute Gasteiger partial charge is 0.356 e. The van der Waals surface area contributed by atoms with E-state index < -0.39 is 73.4 Å². The van der Waals surface area contributed by atoms with Crippen LogP contribution < -0.4 is 10.6 Å². The van der Waals surface area contributed by atoms with Crippen LogP contribution in [0.4, 0.5) is 17.6 Å². The molecule has 2 aromatic carbocycles. The van der Waals surface area contributed by atoms with Gasteiger partial charge in [0.1, 0.15) is 11.4 Å². The van der Waals surface area contributed by atoms with Crippen LogP contribution in [0.15, 0.2) is 71.9 Å². The average molecular weight is 759 g/mol. The molecule has 4 heterocycles. The Kier molecular flexibility index (Phi) is 10.7. The summed E-state index contributed by atoms with van der Waals surface area (Å²) in [6.07, 6.45) is 2.12. The van der Waals surface area contributed by atoms with E-state index in [1.165, 1.54) is 24.4 Å². The van der Waals surface area contributed by atoms with Crippen molar-refractivity contribution in [3.05, 3.63) is 124 Å². The lowest BCUT2D eigenvalue weighted by molar-refractivity contribution is 0.0589. The Hall–Kier alpha value is -6.81. The molecule has 6 rings (SSSR count). The van der Waals surface area contributed by atoms with Crippen LogP contribution in [-0.2, 0) is 27.9 Å². The van der Waals surface area contributed by atoms with E-state index in [4.69, 9.17) is 0 Å². The highest BCUT2D eigenvalue weighted by Crippen LogP contribution is 2.18. The van der Waals surface area contributed by atoms with Crippen molar-refractivity contribution in [1.29, 1.82) is 0 Å². The molecule has 0 radical (unpaired) electrons. The lowest BCUT2D eigenvalue weighted by Crippen LogP contribution is -2.25. The molecule has 53 heavy (non-hydrogen) atoms. The van der Waals surface area contributed by atoms with Crippen molar-refractivity contribution in [3.63, 3.8) is 0 Å². The summed E-state index contributed by atoms with van der Waals surface area (Å²) in [5.41, 5.74) is -0.746. The van der Waals surface area contributed by atoms with Gasteiger partial charge in [0.25, 0.3) is 21.9 Å². The predicted molar refractivity (Wildman–Crippen MR) is 169 cm³/mol. The first-order valence-corrected chi connectivity index (χ1v) is 16.0. The number of benzene rings is 2. The van der Waals surface area contributed by atoms with Gasteiger partial charge in [-0.2, -0.15) is 18.6 Å². The Morgan fingerprint density at radius 2 is 1.30 bits per heavy atom. The summed E-state index contributed by atoms with van der Waals surface area (Å²) in [5, 5.41) is 21.5. The van der Waals surface area contributed by atoms with Crippen LogP contribution in [0.3, 0.4) is 0 Å². The topological polar surface area (TPSA) is 237 Å². The van der Waals surface area contributed by atoms with E-state index in [1.54, 1.807) is 0 Å². The van der Waals surface area contributed by atoms with Gasteiger partial charge in [-0.3, -0.25) is 14.1 Å². The molecule has 6 aromatic rings. The number of ether oxygens (including phenoxy) is 1. The number of halogens is 4. The zero-order valence-corrected chi connectivity index (χ0v) is 27.4. The summed E-state index contributed by atoms with van der Waals surface area (Å²) < 4.78 is 91.0. The number of amides is 2. The van der Waals surface area contributed by atoms with E-state index >= 15 is 0 Å². The standard InChI is InChI=1S/C16H12F2N4O6S.C15H10F2N4O3/c1-28-16(24)12-5-11(21-14-13(29(25,26)27)7-20-22(12)14)15(23)19-6-8-2-3-9(17)10(18)4-8;16-9-2-1-8(5-10(9)17)7-18-14(22)11-6-12(15(23)24)21-13(20-11)3-4-19-21/h2-5,7H,6H2,1H3,(H,19,23)(H,25,26,27);1-6H,7H2,(H,18,22)(H,23,24). The van der Waals surface area contributed by atoms with Crippen molar-refractivity contribution in [1.82, 2.24) is 39.8 Å². The molecular weight excluding hydrogens is 736 g/mol. The Morgan fingerprint density at radius 3 is 1.81 bits per heavy atom. The van der Waals surface area contributed by atoms with Crippen LogP contribution in [-0.4, -0.2) is 78.1 Å². The third-order valence-electron chi connectivity index (χ3n) is 7.03. The second-order valence-corrected chi connectivity index (χ2v) is 11.9. The van der Waals surface area contributed by atoms with Gasteiger partial charge in [0.2, 0.25) is 0 Å². The third kappa shape index (κ3) is 8.40. The molecule has 0 aliphatic heterocycles. The third-order valence-corrected chi connectivity index (χ3v) is 7.87. The number of aromatic carboxylic acids is 1. The number of nitrogens with one attached hydrogen (secondary N) is 2. The van der Waals surface area contributed by atoms with Crippen molar-refractivity contribution < 1.29 is 59.6 Å². The number of carbonyl (C=O) groups is 4. The highest BCUT2D eigenvalue weighted by atomic mass is 32.2. The number of hydrogen-bond acceptors (Lipinski definition) is 11. The fourth-order valence-electron chi connectivity index (χ4n) is 4.52. The summed E-state index contributed by atoms with van der Waals surface area (Å²) in [6, 6.07) is 9.82. The van der Waals surface area contributed by atoms with Gasteiger partial charge in [-0.15, -0.1) is 0 Å². The Bertz CT molecular complexity index is 2540. The highest BCUT2D eigenvalue weighted by Gasteiger charge is 2.25. The van der Waals surface area contributed by atoms with Gasteiger partial charge in [-0.25, -0.2) is 46.1 Å². The van der Waals surface area contributed by atoms with Gasteiger partial charge < -0.3 is 20.5 Å². The van der Waals surface area contributed by atoms with Gasteiger partial charge >= 0.3 is 11.9 Å². The number of fused-ring (bicyclic) bond motifs is 2. The summed E-state index contributed by atoms with van der Waals surface area (Å²) in [4.78, 5) is 54.9. The van der Waals surface area contributed by atoms with Crippen molar-refractivity contribution in [3.8, 4) is 0 Å². The van der Waals surface area contributed by atoms with E-state index in [-0.39, 0.29) is 41.4 Å². The maximum atomic E-state index is 13.3. The lowest BCUT2D eigenvalue weighted by Gasteiger charge is -2.08. The average Bonchev–Trinajstić information content (AvgIpc) is 3.79. The predicted octanol–water partition coefficient (Wildman–Crippen LogP) is 2.61. The molecule has 0 aliphatic carbocycles. The Labute approximate surface area is 293 Å². The zero-order chi connectivity index (χ0) is 38.6. The molecule has 17 nitrogen and oxygen atoms in total. The highest BCUT2D eigenvalue weighted by molar-refractivity contribution is 7.86. The van der Waals surface area contributed by atoms with Crippen LogP contribution in [0, 0.1) is 23.3 Å². The molecule has 0 unspecified atom stereocenters. The van der Waals surface area contributed by atoms with Crippen LogP contribution in [0.2, 0.25) is 0 Å². The van der Waals surface area contributed by atoms with Crippen LogP contribution >= 0.6 is 0 Å². The van der Waals surface area contributed by atoms with Crippen molar-refractivity contribution in [2.75, 3.05) is 7.11 Å². The molecule has 0 spiro atoms. The maximum Gasteiger partial charge on any atom is 0.356 e. The fraction of sp³-hybridized carbons (Fsp3) is 0.0968. The first-order chi connectivity index (χ1) is 25.1. The molecule has 0 bridgehead atoms. The number of carboxylic acid groups (broad SMARTS) is 1. The van der Waals surface area contributed by atoms with Gasteiger partial charge in [0.15, 0.2) is 50.8 Å². The molecule has 0 saturated carbocycles. The quantitative estimate of drug-likeness (QED) is 0.0944. The summed E-state index contributed by atoms with van der Waals surface area (Å²) in [5.74, 6) is -7.86. The molecule has 22 heteroatoms. The minimum atomic E-state index is -4.75. The maximum absolute atomic E-state index is 13.3. The van der Waals surface area contributed by atoms with Crippen LogP contribution in [0.1, 0.15) is 53.1 Å². The van der Waals surface area contributed by atoms with Gasteiger partial charge in [-0.1, -0.05) is 12.1 Å². The van der Waals surface area contributed by atoms with Crippen molar-refractivity contribution >= 4 is 45.2 Å². The SMILES string of the molecule is COC(=O)c1cc(C(=O)NCc2ccc(F)c(F)c2)nc2c(S(=O)(=O)O)cnn12.O=C(NCc1ccc(F)c(F)c1)c1cc(C(=O)O)n2nccc2n1. The van der Waals surface area contributed by atoms with E-state index in [0.29, 0.717) is 5.56 Å². The van der Waals surface area contributed by atoms with E-state index in [1.807, 2.05) is 0 Å². The number of methoxy groups -OCH3 is 1. The summed E-state index contributed by atoms with van der Waals surface area (Å²) in [6.45, 7) is -0.272. The van der Waals surface area contributed by atoms with E-state index in [2.05, 4.69) is 35.5 Å². The van der Waals surface area contributed by atoms with Crippen molar-refractivity contribution in [2.24, 2.45) is 0 Å². The fourth-order valence-corrected chi connectivity index (χ4v) is 5.06. The largest absolute Gasteiger partial charge is 0.477 e. The Morgan fingerprint density at radius 1 is 0.755 bits per heavy atom. The van der Waals surface area contributed by atoms with Crippen LogP contribution in [0.25, 0.3) is 11.3 Å². The molecule has 274 valence electrons. The number of carbonyl (C=O) groups excluding carboxylic acids is 3. The number of aromatic nitrogens is 6. The Balaban J connectivity index is 0.000000208. The second kappa shape index (κ2) is 15.2. The first-order valence-electron chi connectivity index (χ1n) is 14.5. The van der Waals surface area contributed by atoms with E-state index in [0.717, 1.165) is 58.7 Å². The summed E-state index contributed by atoms with van der Waals surface area (Å²) in [7, 11) is -3.69. The van der Waals surface area contributed by atoms with E-state index in [9.17, 15) is 54.8 Å². The monoisotopic (exact) mass is 758 g/mol. The first kappa shape index (κ1) is 37.4. The number of hydrogen-bond donors (Lipinski definition) is 4. The van der Waals surface area contributed by atoms with Gasteiger partial charge in [-0.05, 0) is 35.4 Å². The number of carboxylic acids is 1. The molecule has 0 fully saturated rings. The van der Waals surface area contributed by atoms with Crippen molar-refractivity contribution in [2.45, 2.75) is 18.0 Å².